The molecule has 3 aromatic rings. The lowest BCUT2D eigenvalue weighted by Gasteiger charge is -2.04. The van der Waals surface area contributed by atoms with Gasteiger partial charge in [0.2, 0.25) is 17.6 Å². The van der Waals surface area contributed by atoms with Crippen molar-refractivity contribution in [2.24, 2.45) is 5.92 Å². The zero-order valence-electron chi connectivity index (χ0n) is 14.3. The number of nitrogens with zero attached hydrogens (tertiary/aromatic N) is 3. The van der Waals surface area contributed by atoms with E-state index in [-0.39, 0.29) is 5.91 Å². The van der Waals surface area contributed by atoms with Crippen LogP contribution in [0.5, 0.6) is 0 Å². The van der Waals surface area contributed by atoms with Crippen LogP contribution in [0.1, 0.15) is 30.2 Å². The number of rotatable bonds is 7. The summed E-state index contributed by atoms with van der Waals surface area (Å²) in [7, 11) is 0. The molecule has 1 aliphatic carbocycles. The van der Waals surface area contributed by atoms with Crippen molar-refractivity contribution in [1.82, 2.24) is 20.4 Å². The van der Waals surface area contributed by atoms with Crippen LogP contribution >= 0.6 is 0 Å². The molecule has 0 saturated heterocycles. The number of carbonyl (C=O) groups is 1. The van der Waals surface area contributed by atoms with Gasteiger partial charge in [-0.1, -0.05) is 35.5 Å². The fraction of sp³-hybridized carbons (Fsp3) is 0.300. The van der Waals surface area contributed by atoms with Crippen LogP contribution < -0.4 is 5.32 Å². The third-order valence-corrected chi connectivity index (χ3v) is 4.67. The average Bonchev–Trinajstić information content (AvgIpc) is 3.33. The zero-order valence-corrected chi connectivity index (χ0v) is 14.3. The molecule has 0 aliphatic heterocycles. The Labute approximate surface area is 151 Å². The van der Waals surface area contributed by atoms with Gasteiger partial charge in [-0.15, -0.1) is 0 Å². The number of hydrogen-bond donors (Lipinski definition) is 1. The first-order valence-electron chi connectivity index (χ1n) is 8.84. The number of aryl methyl sites for hydroxylation is 1. The molecule has 6 heteroatoms. The summed E-state index contributed by atoms with van der Waals surface area (Å²) >= 11 is 0. The molecule has 26 heavy (non-hydrogen) atoms. The van der Waals surface area contributed by atoms with Gasteiger partial charge in [-0.25, -0.2) is 0 Å². The van der Waals surface area contributed by atoms with Crippen molar-refractivity contribution in [1.29, 1.82) is 0 Å². The number of aromatic nitrogens is 3. The molecule has 1 aliphatic rings. The van der Waals surface area contributed by atoms with Crippen molar-refractivity contribution >= 4 is 5.91 Å². The van der Waals surface area contributed by atoms with E-state index in [1.807, 2.05) is 18.2 Å². The maximum atomic E-state index is 12.1. The van der Waals surface area contributed by atoms with E-state index in [1.54, 1.807) is 12.4 Å². The number of pyridine rings is 1. The van der Waals surface area contributed by atoms with E-state index in [1.165, 1.54) is 5.56 Å². The first-order chi connectivity index (χ1) is 12.8. The highest BCUT2D eigenvalue weighted by atomic mass is 16.5. The molecule has 2 atom stereocenters. The second-order valence-electron chi connectivity index (χ2n) is 6.57. The minimum Gasteiger partial charge on any atom is -0.356 e. The van der Waals surface area contributed by atoms with Gasteiger partial charge in [-0.2, -0.15) is 4.98 Å². The lowest BCUT2D eigenvalue weighted by Crippen LogP contribution is -2.26. The standard InChI is InChI=1S/C20H20N4O2/c25-18(22-13-16-11-17(16)14-5-2-1-3-6-14)8-9-19-23-20(24-26-19)15-7-4-10-21-12-15/h1-7,10,12,16-17H,8-9,11,13H2,(H,22,25)/t16-,17+/m1/s1. The molecular weight excluding hydrogens is 328 g/mol. The smallest absolute Gasteiger partial charge is 0.227 e. The Bertz CT molecular complexity index is 864. The number of carbonyl (C=O) groups excluding carboxylic acids is 1. The van der Waals surface area contributed by atoms with Crippen molar-refractivity contribution < 1.29 is 9.32 Å². The minimum absolute atomic E-state index is 0.0184. The van der Waals surface area contributed by atoms with Crippen LogP contribution in [-0.2, 0) is 11.2 Å². The molecule has 1 amide bonds. The molecule has 0 spiro atoms. The Kier molecular flexibility index (Phi) is 4.73. The highest BCUT2D eigenvalue weighted by molar-refractivity contribution is 5.76. The Morgan fingerprint density at radius 2 is 2.08 bits per heavy atom. The molecular formula is C20H20N4O2. The summed E-state index contributed by atoms with van der Waals surface area (Å²) in [4.78, 5) is 20.4. The molecule has 0 bridgehead atoms. The summed E-state index contributed by atoms with van der Waals surface area (Å²) in [6, 6.07) is 14.1. The second kappa shape index (κ2) is 7.47. The Balaban J connectivity index is 1.21. The normalized spacial score (nSPS) is 18.5. The van der Waals surface area contributed by atoms with Crippen molar-refractivity contribution in [3.05, 3.63) is 66.3 Å². The van der Waals surface area contributed by atoms with E-state index >= 15 is 0 Å². The molecule has 0 radical (unpaired) electrons. The molecule has 1 aromatic carbocycles. The first kappa shape index (κ1) is 16.4. The maximum Gasteiger partial charge on any atom is 0.227 e. The third-order valence-electron chi connectivity index (χ3n) is 4.67. The number of hydrogen-bond acceptors (Lipinski definition) is 5. The quantitative estimate of drug-likeness (QED) is 0.710. The predicted octanol–water partition coefficient (Wildman–Crippen LogP) is 2.98. The molecule has 4 rings (SSSR count). The molecule has 0 unspecified atom stereocenters. The van der Waals surface area contributed by atoms with Gasteiger partial charge in [0.15, 0.2) is 0 Å². The Hall–Kier alpha value is -3.02. The molecule has 1 fully saturated rings. The van der Waals surface area contributed by atoms with Crippen LogP contribution in [-0.4, -0.2) is 27.6 Å². The number of nitrogens with one attached hydrogen (secondary N) is 1. The molecule has 2 aromatic heterocycles. The summed E-state index contributed by atoms with van der Waals surface area (Å²) in [6.45, 7) is 0.725. The Morgan fingerprint density at radius 1 is 1.19 bits per heavy atom. The lowest BCUT2D eigenvalue weighted by atomic mass is 10.1. The fourth-order valence-corrected chi connectivity index (χ4v) is 3.10. The van der Waals surface area contributed by atoms with Crippen molar-refractivity contribution in [2.75, 3.05) is 6.54 Å². The van der Waals surface area contributed by atoms with Crippen molar-refractivity contribution in [2.45, 2.75) is 25.2 Å². The van der Waals surface area contributed by atoms with Gasteiger partial charge < -0.3 is 9.84 Å². The van der Waals surface area contributed by atoms with Crippen LogP contribution in [0.25, 0.3) is 11.4 Å². The van der Waals surface area contributed by atoms with Crippen molar-refractivity contribution in [3.8, 4) is 11.4 Å². The molecule has 1 N–H and O–H groups in total. The van der Waals surface area contributed by atoms with Gasteiger partial charge in [-0.05, 0) is 36.0 Å². The SMILES string of the molecule is O=C(CCc1nc(-c2cccnc2)no1)NC[C@H]1C[C@H]1c1ccccc1. The van der Waals surface area contributed by atoms with E-state index in [0.29, 0.717) is 36.4 Å². The summed E-state index contributed by atoms with van der Waals surface area (Å²) < 4.78 is 5.21. The van der Waals surface area contributed by atoms with Crippen LogP contribution in [0, 0.1) is 5.92 Å². The van der Waals surface area contributed by atoms with Gasteiger partial charge in [0, 0.05) is 37.3 Å². The summed E-state index contributed by atoms with van der Waals surface area (Å²) in [5.74, 6) is 2.10. The fourth-order valence-electron chi connectivity index (χ4n) is 3.10. The highest BCUT2D eigenvalue weighted by Crippen LogP contribution is 2.46. The van der Waals surface area contributed by atoms with Gasteiger partial charge in [0.1, 0.15) is 0 Å². The van der Waals surface area contributed by atoms with Crippen LogP contribution in [0.2, 0.25) is 0 Å². The van der Waals surface area contributed by atoms with Gasteiger partial charge in [-0.3, -0.25) is 9.78 Å². The summed E-state index contributed by atoms with van der Waals surface area (Å²) in [5, 5.41) is 6.95. The largest absolute Gasteiger partial charge is 0.356 e. The molecule has 1 saturated carbocycles. The summed E-state index contributed by atoms with van der Waals surface area (Å²) in [5.41, 5.74) is 2.16. The number of benzene rings is 1. The first-order valence-corrected chi connectivity index (χ1v) is 8.84. The maximum absolute atomic E-state index is 12.1. The van der Waals surface area contributed by atoms with E-state index in [0.717, 1.165) is 18.5 Å². The molecule has 6 nitrogen and oxygen atoms in total. The topological polar surface area (TPSA) is 80.9 Å². The number of amides is 1. The highest BCUT2D eigenvalue weighted by Gasteiger charge is 2.37. The molecule has 132 valence electrons. The van der Waals surface area contributed by atoms with Gasteiger partial charge in [0.25, 0.3) is 0 Å². The van der Waals surface area contributed by atoms with Crippen molar-refractivity contribution in [3.63, 3.8) is 0 Å². The average molecular weight is 348 g/mol. The third kappa shape index (κ3) is 3.96. The second-order valence-corrected chi connectivity index (χ2v) is 6.57. The van der Waals surface area contributed by atoms with E-state index < -0.39 is 0 Å². The Morgan fingerprint density at radius 3 is 2.88 bits per heavy atom. The van der Waals surface area contributed by atoms with E-state index in [4.69, 9.17) is 4.52 Å². The van der Waals surface area contributed by atoms with Crippen LogP contribution in [0.3, 0.4) is 0 Å². The predicted molar refractivity (Wildman–Crippen MR) is 96.1 cm³/mol. The van der Waals surface area contributed by atoms with Crippen LogP contribution in [0.15, 0.2) is 59.4 Å². The lowest BCUT2D eigenvalue weighted by molar-refractivity contribution is -0.121. The minimum atomic E-state index is 0.0184. The zero-order chi connectivity index (χ0) is 17.8. The van der Waals surface area contributed by atoms with Gasteiger partial charge >= 0.3 is 0 Å². The van der Waals surface area contributed by atoms with E-state index in [9.17, 15) is 4.79 Å². The summed E-state index contributed by atoms with van der Waals surface area (Å²) in [6.07, 6.45) is 5.29. The molecule has 2 heterocycles. The monoisotopic (exact) mass is 348 g/mol. The van der Waals surface area contributed by atoms with Crippen LogP contribution in [0.4, 0.5) is 0 Å². The van der Waals surface area contributed by atoms with Gasteiger partial charge in [0.05, 0.1) is 0 Å². The van der Waals surface area contributed by atoms with E-state index in [2.05, 4.69) is 44.7 Å².